The number of nitrogens with zero attached hydrogens (tertiary/aromatic N) is 4. The molecule has 0 bridgehead atoms. The molecule has 2 aliphatic rings. The van der Waals surface area contributed by atoms with E-state index < -0.39 is 13.9 Å². The van der Waals surface area contributed by atoms with Gasteiger partial charge in [-0.15, -0.1) is 5.10 Å². The molecule has 5 rings (SSSR count). The molecule has 3 heterocycles. The highest BCUT2D eigenvalue weighted by Crippen LogP contribution is 2.59. The zero-order valence-electron chi connectivity index (χ0n) is 22.5. The fourth-order valence-electron chi connectivity index (χ4n) is 6.46. The van der Waals surface area contributed by atoms with Crippen LogP contribution in [0.2, 0.25) is 18.6 Å². The number of rotatable bonds is 8. The molecular formula is C28H36N4O5Si. The number of ether oxygens (including phenoxy) is 2. The SMILES string of the molecule is COc1ccc2c(c1)[C@]1(O[C@@H](CCn3cc(C(CO)c4ccccc4)nn3)[C@H]([Si](C)(C)O)[C@H]1C)C(=O)N2C. The van der Waals surface area contributed by atoms with Crippen LogP contribution in [-0.2, 0) is 21.7 Å². The maximum absolute atomic E-state index is 13.8. The van der Waals surface area contributed by atoms with Gasteiger partial charge < -0.3 is 24.3 Å². The van der Waals surface area contributed by atoms with Crippen LogP contribution in [0.15, 0.2) is 54.7 Å². The predicted molar refractivity (Wildman–Crippen MR) is 146 cm³/mol. The van der Waals surface area contributed by atoms with Gasteiger partial charge in [0, 0.05) is 36.8 Å². The van der Waals surface area contributed by atoms with Crippen molar-refractivity contribution in [2.24, 2.45) is 5.92 Å². The topological polar surface area (TPSA) is 110 Å². The summed E-state index contributed by atoms with van der Waals surface area (Å²) in [6.07, 6.45) is 2.07. The van der Waals surface area contributed by atoms with Crippen LogP contribution in [0.5, 0.6) is 5.75 Å². The van der Waals surface area contributed by atoms with Crippen molar-refractivity contribution in [1.82, 2.24) is 15.0 Å². The van der Waals surface area contributed by atoms with E-state index in [-0.39, 0.29) is 36.0 Å². The summed E-state index contributed by atoms with van der Waals surface area (Å²) in [4.78, 5) is 26.8. The Labute approximate surface area is 224 Å². The second-order valence-corrected chi connectivity index (χ2v) is 14.9. The lowest BCUT2D eigenvalue weighted by atomic mass is 9.82. The molecule has 2 aromatic carbocycles. The van der Waals surface area contributed by atoms with Crippen LogP contribution in [-0.4, -0.2) is 66.0 Å². The third kappa shape index (κ3) is 4.25. The van der Waals surface area contributed by atoms with E-state index in [9.17, 15) is 14.7 Å². The number of methoxy groups -OCH3 is 1. The molecule has 1 saturated heterocycles. The molecule has 0 saturated carbocycles. The second-order valence-electron chi connectivity index (χ2n) is 10.9. The van der Waals surface area contributed by atoms with Crippen molar-refractivity contribution in [3.05, 3.63) is 71.5 Å². The van der Waals surface area contributed by atoms with Crippen LogP contribution < -0.4 is 9.64 Å². The maximum Gasteiger partial charge on any atom is 0.264 e. The lowest BCUT2D eigenvalue weighted by molar-refractivity contribution is -0.145. The highest BCUT2D eigenvalue weighted by molar-refractivity contribution is 6.71. The van der Waals surface area contributed by atoms with Crippen LogP contribution in [0.1, 0.15) is 36.1 Å². The molecule has 1 unspecified atom stereocenters. The zero-order chi connectivity index (χ0) is 27.2. The van der Waals surface area contributed by atoms with Gasteiger partial charge in [-0.1, -0.05) is 42.5 Å². The van der Waals surface area contributed by atoms with E-state index in [0.29, 0.717) is 24.4 Å². The molecule has 10 heteroatoms. The van der Waals surface area contributed by atoms with Gasteiger partial charge in [0.15, 0.2) is 13.9 Å². The zero-order valence-corrected chi connectivity index (χ0v) is 23.5. The van der Waals surface area contributed by atoms with Crippen molar-refractivity contribution in [3.8, 4) is 5.75 Å². The van der Waals surface area contributed by atoms with Crippen molar-refractivity contribution in [3.63, 3.8) is 0 Å². The fourth-order valence-corrected chi connectivity index (χ4v) is 9.06. The lowest BCUT2D eigenvalue weighted by Gasteiger charge is -2.32. The molecule has 1 fully saturated rings. The first kappa shape index (κ1) is 26.5. The van der Waals surface area contributed by atoms with Crippen LogP contribution in [0.25, 0.3) is 0 Å². The molecular weight excluding hydrogens is 500 g/mol. The van der Waals surface area contributed by atoms with E-state index in [1.54, 1.807) is 23.7 Å². The Morgan fingerprint density at radius 3 is 2.61 bits per heavy atom. The highest BCUT2D eigenvalue weighted by Gasteiger charge is 2.65. The number of hydrogen-bond donors (Lipinski definition) is 2. The van der Waals surface area contributed by atoms with Crippen molar-refractivity contribution in [2.75, 3.05) is 25.7 Å². The lowest BCUT2D eigenvalue weighted by Crippen LogP contribution is -2.45. The number of aromatic nitrogens is 3. The van der Waals surface area contributed by atoms with Crippen molar-refractivity contribution >= 4 is 19.9 Å². The normalized spacial score (nSPS) is 25.7. The molecule has 0 radical (unpaired) electrons. The summed E-state index contributed by atoms with van der Waals surface area (Å²) in [7, 11) is 0.629. The van der Waals surface area contributed by atoms with Gasteiger partial charge in [-0.2, -0.15) is 0 Å². The van der Waals surface area contributed by atoms with E-state index >= 15 is 0 Å². The number of likely N-dealkylation sites (N-methyl/N-ethyl adjacent to an activating group) is 1. The Hall–Kier alpha value is -3.05. The maximum atomic E-state index is 13.8. The van der Waals surface area contributed by atoms with Crippen LogP contribution in [0.3, 0.4) is 0 Å². The Bertz CT molecular complexity index is 1310. The molecule has 2 aliphatic heterocycles. The number of carbonyl (C=O) groups is 1. The molecule has 5 atom stereocenters. The molecule has 38 heavy (non-hydrogen) atoms. The van der Waals surface area contributed by atoms with E-state index in [1.807, 2.05) is 74.7 Å². The molecule has 1 aromatic heterocycles. The average molecular weight is 537 g/mol. The number of aliphatic hydroxyl groups excluding tert-OH is 1. The first-order valence-electron chi connectivity index (χ1n) is 13.0. The predicted octanol–water partition coefficient (Wildman–Crippen LogP) is 3.28. The van der Waals surface area contributed by atoms with Gasteiger partial charge in [-0.3, -0.25) is 9.48 Å². The van der Waals surface area contributed by atoms with Gasteiger partial charge in [0.1, 0.15) is 5.75 Å². The number of hydrogen-bond acceptors (Lipinski definition) is 7. The van der Waals surface area contributed by atoms with Crippen molar-refractivity contribution in [2.45, 2.75) is 56.1 Å². The number of fused-ring (bicyclic) bond motifs is 2. The Balaban J connectivity index is 1.42. The summed E-state index contributed by atoms with van der Waals surface area (Å²) in [6.45, 7) is 6.29. The standard InChI is InChI=1S/C28H36N4O5Si/c1-18-26(38(4,5)35)25(37-28(18)22-15-20(36-3)11-12-24(22)31(2)27(28)34)13-14-32-16-23(29-30-32)21(17-33)19-9-7-6-8-10-19/h6-12,15-16,18,21,25-26,33,35H,13-14,17H2,1-5H3/t18-,21?,25+,26-,28+/m1/s1. The van der Waals surface area contributed by atoms with Crippen molar-refractivity contribution < 1.29 is 24.2 Å². The molecule has 202 valence electrons. The van der Waals surface area contributed by atoms with E-state index in [4.69, 9.17) is 9.47 Å². The number of benzene rings is 2. The third-order valence-corrected chi connectivity index (χ3v) is 10.8. The molecule has 9 nitrogen and oxygen atoms in total. The highest BCUT2D eigenvalue weighted by atomic mass is 28.4. The number of carbonyl (C=O) groups excluding carboxylic acids is 1. The summed E-state index contributed by atoms with van der Waals surface area (Å²) in [6, 6.07) is 15.4. The average Bonchev–Trinajstić information content (AvgIpc) is 3.55. The van der Waals surface area contributed by atoms with Crippen LogP contribution in [0.4, 0.5) is 5.69 Å². The fraction of sp³-hybridized carbons (Fsp3) is 0.464. The van der Waals surface area contributed by atoms with Gasteiger partial charge in [0.2, 0.25) is 0 Å². The first-order valence-corrected chi connectivity index (χ1v) is 16.1. The third-order valence-electron chi connectivity index (χ3n) is 8.26. The van der Waals surface area contributed by atoms with Crippen molar-refractivity contribution in [1.29, 1.82) is 0 Å². The Morgan fingerprint density at radius 2 is 1.95 bits per heavy atom. The quantitative estimate of drug-likeness (QED) is 0.425. The number of aryl methyl sites for hydroxylation is 1. The largest absolute Gasteiger partial charge is 0.497 e. The number of anilines is 1. The monoisotopic (exact) mass is 536 g/mol. The smallest absolute Gasteiger partial charge is 0.264 e. The number of aliphatic hydroxyl groups is 1. The molecule has 3 aromatic rings. The summed E-state index contributed by atoms with van der Waals surface area (Å²) in [5, 5.41) is 18.7. The molecule has 1 spiro atoms. The Morgan fingerprint density at radius 1 is 1.21 bits per heavy atom. The Kier molecular flexibility index (Phi) is 6.93. The minimum Gasteiger partial charge on any atom is -0.497 e. The van der Waals surface area contributed by atoms with Gasteiger partial charge >= 0.3 is 0 Å². The number of amides is 1. The summed E-state index contributed by atoms with van der Waals surface area (Å²) in [5.41, 5.74) is 1.91. The minimum absolute atomic E-state index is 0.0701. The molecule has 2 N–H and O–H groups in total. The van der Waals surface area contributed by atoms with Crippen LogP contribution in [0, 0.1) is 5.92 Å². The van der Waals surface area contributed by atoms with Gasteiger partial charge in [-0.25, -0.2) is 0 Å². The summed E-state index contributed by atoms with van der Waals surface area (Å²) < 4.78 is 14.0. The molecule has 1 amide bonds. The van der Waals surface area contributed by atoms with Gasteiger partial charge in [0.05, 0.1) is 37.1 Å². The van der Waals surface area contributed by atoms with E-state index in [2.05, 4.69) is 10.3 Å². The second kappa shape index (κ2) is 9.92. The molecule has 0 aliphatic carbocycles. The van der Waals surface area contributed by atoms with Gasteiger partial charge in [0.25, 0.3) is 5.91 Å². The summed E-state index contributed by atoms with van der Waals surface area (Å²) in [5.74, 6) is 0.0569. The van der Waals surface area contributed by atoms with Crippen LogP contribution >= 0.6 is 0 Å². The van der Waals surface area contributed by atoms with E-state index in [1.165, 1.54) is 0 Å². The van der Waals surface area contributed by atoms with E-state index in [0.717, 1.165) is 16.8 Å². The minimum atomic E-state index is -2.74. The summed E-state index contributed by atoms with van der Waals surface area (Å²) >= 11 is 0. The first-order chi connectivity index (χ1) is 18.1. The van der Waals surface area contributed by atoms with Gasteiger partial charge in [-0.05, 0) is 43.3 Å².